The van der Waals surface area contributed by atoms with Crippen LogP contribution in [0.2, 0.25) is 5.02 Å². The van der Waals surface area contributed by atoms with Crippen LogP contribution in [-0.2, 0) is 14.3 Å². The zero-order chi connectivity index (χ0) is 24.1. The minimum absolute atomic E-state index is 0.113. The Bertz CT molecular complexity index is 1080. The number of methoxy groups -OCH3 is 3. The smallest absolute Gasteiger partial charge is 0.295 e. The van der Waals surface area contributed by atoms with Gasteiger partial charge in [-0.1, -0.05) is 23.7 Å². The average molecular weight is 476 g/mol. The van der Waals surface area contributed by atoms with E-state index in [-0.39, 0.29) is 29.3 Å². The largest absolute Gasteiger partial charge is 0.507 e. The Morgan fingerprint density at radius 3 is 2.52 bits per heavy atom. The van der Waals surface area contributed by atoms with E-state index in [9.17, 15) is 14.7 Å². The van der Waals surface area contributed by atoms with Crippen LogP contribution < -0.4 is 14.2 Å². The molecule has 0 radical (unpaired) electrons. The van der Waals surface area contributed by atoms with Crippen LogP contribution in [0.4, 0.5) is 0 Å². The van der Waals surface area contributed by atoms with Crippen molar-refractivity contribution >= 4 is 29.1 Å². The Kier molecular flexibility index (Phi) is 7.84. The van der Waals surface area contributed by atoms with E-state index in [4.69, 9.17) is 30.5 Å². The molecule has 1 saturated heterocycles. The first-order valence-corrected chi connectivity index (χ1v) is 10.7. The highest BCUT2D eigenvalue weighted by Crippen LogP contribution is 2.46. The van der Waals surface area contributed by atoms with Gasteiger partial charge in [0.05, 0.1) is 44.1 Å². The summed E-state index contributed by atoms with van der Waals surface area (Å²) >= 11 is 6.35. The molecule has 1 fully saturated rings. The number of Topliss-reactive ketones (excluding diaryl/α,β-unsaturated/α-hetero) is 1. The van der Waals surface area contributed by atoms with Gasteiger partial charge in [0, 0.05) is 24.8 Å². The highest BCUT2D eigenvalue weighted by atomic mass is 35.5. The van der Waals surface area contributed by atoms with Crippen LogP contribution in [-0.4, -0.2) is 62.8 Å². The number of likely N-dealkylation sites (tertiary alicyclic amines) is 1. The molecule has 0 bridgehead atoms. The molecule has 0 spiro atoms. The Hall–Kier alpha value is -3.23. The normalized spacial score (nSPS) is 17.4. The predicted octanol–water partition coefficient (Wildman–Crippen LogP) is 3.82. The van der Waals surface area contributed by atoms with Gasteiger partial charge in [0.15, 0.2) is 11.5 Å². The third kappa shape index (κ3) is 4.62. The summed E-state index contributed by atoms with van der Waals surface area (Å²) < 4.78 is 21.6. The first kappa shape index (κ1) is 24.4. The number of benzene rings is 2. The molecule has 2 aromatic carbocycles. The first-order valence-electron chi connectivity index (χ1n) is 10.3. The third-order valence-electron chi connectivity index (χ3n) is 5.31. The highest BCUT2D eigenvalue weighted by Gasteiger charge is 2.47. The van der Waals surface area contributed by atoms with Crippen molar-refractivity contribution in [2.24, 2.45) is 0 Å². The number of carbonyl (C=O) groups is 2. The van der Waals surface area contributed by atoms with E-state index in [1.807, 2.05) is 6.92 Å². The lowest BCUT2D eigenvalue weighted by atomic mass is 9.94. The molecular formula is C24H26ClNO7. The molecule has 1 aliphatic heterocycles. The summed E-state index contributed by atoms with van der Waals surface area (Å²) in [5.41, 5.74) is 0.545. The first-order chi connectivity index (χ1) is 15.9. The number of aliphatic hydroxyl groups excluding tert-OH is 1. The lowest BCUT2D eigenvalue weighted by Crippen LogP contribution is -2.32. The number of hydrogen-bond donors (Lipinski definition) is 1. The van der Waals surface area contributed by atoms with Gasteiger partial charge in [-0.25, -0.2) is 0 Å². The number of rotatable bonds is 9. The Balaban J connectivity index is 2.28. The SMILES string of the molecule is CCOc1ccc(Cl)c(/C(O)=C2\C(=O)C(=O)N(CCOC)C2c2cccc(OC)c2OC)c1. The molecule has 33 heavy (non-hydrogen) atoms. The van der Waals surface area contributed by atoms with Crippen LogP contribution in [0.25, 0.3) is 5.76 Å². The van der Waals surface area contributed by atoms with Gasteiger partial charge < -0.3 is 29.0 Å². The Labute approximate surface area is 197 Å². The van der Waals surface area contributed by atoms with Crippen molar-refractivity contribution in [2.75, 3.05) is 41.1 Å². The maximum absolute atomic E-state index is 13.2. The Morgan fingerprint density at radius 2 is 1.88 bits per heavy atom. The molecular weight excluding hydrogens is 450 g/mol. The van der Waals surface area contributed by atoms with Gasteiger partial charge in [-0.05, 0) is 31.2 Å². The summed E-state index contributed by atoms with van der Waals surface area (Å²) in [6, 6.07) is 8.93. The van der Waals surface area contributed by atoms with Crippen molar-refractivity contribution in [1.82, 2.24) is 4.90 Å². The van der Waals surface area contributed by atoms with Crippen LogP contribution in [0.3, 0.4) is 0 Å². The van der Waals surface area contributed by atoms with Crippen molar-refractivity contribution in [1.29, 1.82) is 0 Å². The van der Waals surface area contributed by atoms with Gasteiger partial charge in [0.1, 0.15) is 11.5 Å². The van der Waals surface area contributed by atoms with Crippen LogP contribution >= 0.6 is 11.6 Å². The quantitative estimate of drug-likeness (QED) is 0.334. The summed E-state index contributed by atoms with van der Waals surface area (Å²) in [5, 5.41) is 11.5. The van der Waals surface area contributed by atoms with Gasteiger partial charge in [-0.3, -0.25) is 9.59 Å². The van der Waals surface area contributed by atoms with E-state index in [1.54, 1.807) is 30.3 Å². The van der Waals surface area contributed by atoms with Gasteiger partial charge in [-0.15, -0.1) is 0 Å². The van der Waals surface area contributed by atoms with Crippen molar-refractivity contribution in [3.63, 3.8) is 0 Å². The number of aliphatic hydroxyl groups is 1. The predicted molar refractivity (Wildman–Crippen MR) is 123 cm³/mol. The molecule has 9 heteroatoms. The number of hydrogen-bond acceptors (Lipinski definition) is 7. The number of halogens is 1. The molecule has 1 amide bonds. The van der Waals surface area contributed by atoms with Crippen LogP contribution in [0.5, 0.6) is 17.2 Å². The average Bonchev–Trinajstić information content (AvgIpc) is 3.07. The van der Waals surface area contributed by atoms with Gasteiger partial charge >= 0.3 is 0 Å². The minimum Gasteiger partial charge on any atom is -0.507 e. The molecule has 8 nitrogen and oxygen atoms in total. The summed E-state index contributed by atoms with van der Waals surface area (Å²) in [6.45, 7) is 2.54. The molecule has 2 aromatic rings. The fraction of sp³-hybridized carbons (Fsp3) is 0.333. The molecule has 1 N–H and O–H groups in total. The van der Waals surface area contributed by atoms with Crippen molar-refractivity contribution in [2.45, 2.75) is 13.0 Å². The van der Waals surface area contributed by atoms with Crippen LogP contribution in [0.15, 0.2) is 42.0 Å². The summed E-state index contributed by atoms with van der Waals surface area (Å²) in [5.74, 6) is -0.780. The molecule has 1 aliphatic rings. The molecule has 0 aliphatic carbocycles. The molecule has 0 aromatic heterocycles. The summed E-state index contributed by atoms with van der Waals surface area (Å²) in [6.07, 6.45) is 0. The Morgan fingerprint density at radius 1 is 1.12 bits per heavy atom. The second-order valence-electron chi connectivity index (χ2n) is 7.14. The van der Waals surface area contributed by atoms with Crippen molar-refractivity contribution < 1.29 is 33.6 Å². The fourth-order valence-corrected chi connectivity index (χ4v) is 4.05. The second-order valence-corrected chi connectivity index (χ2v) is 7.55. The van der Waals surface area contributed by atoms with Crippen molar-refractivity contribution in [3.05, 3.63) is 58.1 Å². The van der Waals surface area contributed by atoms with Gasteiger partial charge in [-0.2, -0.15) is 0 Å². The van der Waals surface area contributed by atoms with E-state index in [1.165, 1.54) is 32.3 Å². The van der Waals surface area contributed by atoms with E-state index in [2.05, 4.69) is 0 Å². The van der Waals surface area contributed by atoms with Gasteiger partial charge in [0.2, 0.25) is 0 Å². The molecule has 1 unspecified atom stereocenters. The maximum Gasteiger partial charge on any atom is 0.295 e. The molecule has 1 atom stereocenters. The standard InChI is InChI=1S/C24H26ClNO7/c1-5-33-14-9-10-17(25)16(13-14)21(27)19-20(26(11-12-30-2)24(29)22(19)28)15-7-6-8-18(31-3)23(15)32-4/h6-10,13,20,27H,5,11-12H2,1-4H3/b21-19+. The zero-order valence-electron chi connectivity index (χ0n) is 18.9. The number of nitrogens with zero attached hydrogens (tertiary/aromatic N) is 1. The van der Waals surface area contributed by atoms with E-state index in [0.717, 1.165) is 0 Å². The lowest BCUT2D eigenvalue weighted by Gasteiger charge is -2.27. The molecule has 0 saturated carbocycles. The highest BCUT2D eigenvalue weighted by molar-refractivity contribution is 6.47. The molecule has 1 heterocycles. The number of ketones is 1. The minimum atomic E-state index is -0.947. The number of para-hydroxylation sites is 1. The fourth-order valence-electron chi connectivity index (χ4n) is 3.84. The van der Waals surface area contributed by atoms with E-state index < -0.39 is 23.5 Å². The summed E-state index contributed by atoms with van der Waals surface area (Å²) in [7, 11) is 4.45. The van der Waals surface area contributed by atoms with Crippen LogP contribution in [0, 0.1) is 0 Å². The van der Waals surface area contributed by atoms with E-state index in [0.29, 0.717) is 29.4 Å². The van der Waals surface area contributed by atoms with Crippen LogP contribution in [0.1, 0.15) is 24.1 Å². The maximum atomic E-state index is 13.2. The zero-order valence-corrected chi connectivity index (χ0v) is 19.6. The molecule has 176 valence electrons. The number of ether oxygens (including phenoxy) is 4. The third-order valence-corrected chi connectivity index (χ3v) is 5.64. The summed E-state index contributed by atoms with van der Waals surface area (Å²) in [4.78, 5) is 27.5. The number of carbonyl (C=O) groups excluding carboxylic acids is 2. The van der Waals surface area contributed by atoms with E-state index >= 15 is 0 Å². The van der Waals surface area contributed by atoms with Crippen molar-refractivity contribution in [3.8, 4) is 17.2 Å². The lowest BCUT2D eigenvalue weighted by molar-refractivity contribution is -0.140. The van der Waals surface area contributed by atoms with Gasteiger partial charge in [0.25, 0.3) is 11.7 Å². The second kappa shape index (κ2) is 10.6. The monoisotopic (exact) mass is 475 g/mol. The topological polar surface area (TPSA) is 94.5 Å². The molecule has 3 rings (SSSR count). The number of amides is 1.